The summed E-state index contributed by atoms with van der Waals surface area (Å²) in [7, 11) is 0. The molecule has 1 aromatic carbocycles. The van der Waals surface area contributed by atoms with Crippen LogP contribution in [0.2, 0.25) is 0 Å². The third kappa shape index (κ3) is 2.96. The summed E-state index contributed by atoms with van der Waals surface area (Å²) >= 11 is 0. The molecule has 2 heterocycles. The third-order valence-electron chi connectivity index (χ3n) is 5.03. The molecule has 0 spiro atoms. The highest BCUT2D eigenvalue weighted by Gasteiger charge is 2.51. The minimum atomic E-state index is -4.09. The van der Waals surface area contributed by atoms with Crippen molar-refractivity contribution >= 4 is 5.69 Å². The second kappa shape index (κ2) is 5.44. The lowest BCUT2D eigenvalue weighted by Gasteiger charge is -2.45. The van der Waals surface area contributed by atoms with Crippen LogP contribution in [0.25, 0.3) is 0 Å². The molecule has 1 unspecified atom stereocenters. The molecule has 0 saturated carbocycles. The number of anilines is 1. The minimum absolute atomic E-state index is 0.193. The standard InChI is InChI=1S/C17H23F3N2/c1-16(2)11-22(9-7-14(16)17(18,19)20)10-13-5-3-4-12-6-8-21-15(12)13/h3-5,14,21H,6-11H2,1-2H3. The number of hydrogen-bond acceptors (Lipinski definition) is 2. The first-order valence-electron chi connectivity index (χ1n) is 7.91. The Morgan fingerprint density at radius 2 is 2.09 bits per heavy atom. The van der Waals surface area contributed by atoms with Gasteiger partial charge in [-0.3, -0.25) is 4.90 Å². The lowest BCUT2D eigenvalue weighted by molar-refractivity contribution is -0.217. The van der Waals surface area contributed by atoms with Gasteiger partial charge in [0, 0.05) is 25.3 Å². The van der Waals surface area contributed by atoms with E-state index in [-0.39, 0.29) is 6.42 Å². The Morgan fingerprint density at radius 3 is 2.77 bits per heavy atom. The maximum atomic E-state index is 13.1. The van der Waals surface area contributed by atoms with Gasteiger partial charge in [-0.25, -0.2) is 0 Å². The van der Waals surface area contributed by atoms with Crippen LogP contribution in [-0.2, 0) is 13.0 Å². The van der Waals surface area contributed by atoms with E-state index in [1.54, 1.807) is 13.8 Å². The Balaban J connectivity index is 1.73. The molecule has 0 aromatic heterocycles. The summed E-state index contributed by atoms with van der Waals surface area (Å²) in [5, 5.41) is 3.41. The fourth-order valence-electron chi connectivity index (χ4n) is 3.99. The van der Waals surface area contributed by atoms with E-state index in [0.29, 0.717) is 13.1 Å². The zero-order valence-electron chi connectivity index (χ0n) is 13.1. The number of benzene rings is 1. The van der Waals surface area contributed by atoms with Gasteiger partial charge in [0.05, 0.1) is 5.92 Å². The number of nitrogens with one attached hydrogen (secondary N) is 1. The van der Waals surface area contributed by atoms with Gasteiger partial charge in [0.1, 0.15) is 0 Å². The highest BCUT2D eigenvalue weighted by Crippen LogP contribution is 2.45. The van der Waals surface area contributed by atoms with Crippen molar-refractivity contribution in [3.63, 3.8) is 0 Å². The molecule has 3 rings (SSSR count). The van der Waals surface area contributed by atoms with Gasteiger partial charge in [-0.15, -0.1) is 0 Å². The van der Waals surface area contributed by atoms with Crippen LogP contribution in [0.1, 0.15) is 31.4 Å². The van der Waals surface area contributed by atoms with Crippen molar-refractivity contribution in [1.29, 1.82) is 0 Å². The Kier molecular flexibility index (Phi) is 3.87. The largest absolute Gasteiger partial charge is 0.392 e. The summed E-state index contributed by atoms with van der Waals surface area (Å²) < 4.78 is 39.4. The average molecular weight is 312 g/mol. The number of alkyl halides is 3. The van der Waals surface area contributed by atoms with Crippen LogP contribution in [0.5, 0.6) is 0 Å². The van der Waals surface area contributed by atoms with E-state index in [9.17, 15) is 13.2 Å². The summed E-state index contributed by atoms with van der Waals surface area (Å²) in [5.41, 5.74) is 2.98. The third-order valence-corrected chi connectivity index (χ3v) is 5.03. The van der Waals surface area contributed by atoms with Gasteiger partial charge in [-0.1, -0.05) is 32.0 Å². The van der Waals surface area contributed by atoms with Gasteiger partial charge in [0.25, 0.3) is 0 Å². The number of nitrogens with zero attached hydrogens (tertiary/aromatic N) is 1. The lowest BCUT2D eigenvalue weighted by atomic mass is 9.73. The van der Waals surface area contributed by atoms with E-state index < -0.39 is 17.5 Å². The van der Waals surface area contributed by atoms with Gasteiger partial charge >= 0.3 is 6.18 Å². The second-order valence-electron chi connectivity index (χ2n) is 7.21. The van der Waals surface area contributed by atoms with Gasteiger partial charge < -0.3 is 5.32 Å². The van der Waals surface area contributed by atoms with E-state index in [2.05, 4.69) is 28.4 Å². The average Bonchev–Trinajstić information content (AvgIpc) is 2.85. The molecule has 0 amide bonds. The summed E-state index contributed by atoms with van der Waals surface area (Å²) in [4.78, 5) is 2.16. The molecular weight excluding hydrogens is 289 g/mol. The molecule has 2 aliphatic rings. The maximum absolute atomic E-state index is 13.1. The SMILES string of the molecule is CC1(C)CN(Cc2cccc3c2NCC3)CCC1C(F)(F)F. The predicted octanol–water partition coefficient (Wildman–Crippen LogP) is 4.07. The van der Waals surface area contributed by atoms with Crippen LogP contribution < -0.4 is 5.32 Å². The van der Waals surface area contributed by atoms with Crippen molar-refractivity contribution in [2.75, 3.05) is 25.0 Å². The molecule has 2 nitrogen and oxygen atoms in total. The first-order valence-corrected chi connectivity index (χ1v) is 7.91. The van der Waals surface area contributed by atoms with Gasteiger partial charge in [-0.2, -0.15) is 13.2 Å². The Hall–Kier alpha value is -1.23. The molecular formula is C17H23F3N2. The second-order valence-corrected chi connectivity index (χ2v) is 7.21. The molecule has 0 aliphatic carbocycles. The van der Waals surface area contributed by atoms with E-state index in [1.807, 2.05) is 0 Å². The zero-order chi connectivity index (χ0) is 16.0. The Bertz CT molecular complexity index is 551. The van der Waals surface area contributed by atoms with Gasteiger partial charge in [0.2, 0.25) is 0 Å². The summed E-state index contributed by atoms with van der Waals surface area (Å²) in [6, 6.07) is 6.26. The number of likely N-dealkylation sites (tertiary alicyclic amines) is 1. The van der Waals surface area contributed by atoms with E-state index in [0.717, 1.165) is 19.5 Å². The van der Waals surface area contributed by atoms with E-state index in [1.165, 1.54) is 16.8 Å². The zero-order valence-corrected chi connectivity index (χ0v) is 13.1. The number of hydrogen-bond donors (Lipinski definition) is 1. The Morgan fingerprint density at radius 1 is 1.32 bits per heavy atom. The molecule has 0 bridgehead atoms. The maximum Gasteiger partial charge on any atom is 0.392 e. The first kappa shape index (κ1) is 15.7. The number of fused-ring (bicyclic) bond motifs is 1. The number of rotatable bonds is 2. The fraction of sp³-hybridized carbons (Fsp3) is 0.647. The Labute approximate surface area is 129 Å². The fourth-order valence-corrected chi connectivity index (χ4v) is 3.99. The molecule has 122 valence electrons. The summed E-state index contributed by atoms with van der Waals surface area (Å²) in [6.45, 7) is 6.16. The molecule has 0 radical (unpaired) electrons. The molecule has 1 fully saturated rings. The van der Waals surface area contributed by atoms with Crippen LogP contribution in [0.15, 0.2) is 18.2 Å². The number of para-hydroxylation sites is 1. The van der Waals surface area contributed by atoms with Crippen molar-refractivity contribution in [2.45, 2.75) is 39.4 Å². The highest BCUT2D eigenvalue weighted by atomic mass is 19.4. The molecule has 2 aliphatic heterocycles. The van der Waals surface area contributed by atoms with Crippen molar-refractivity contribution in [2.24, 2.45) is 11.3 Å². The molecule has 1 atom stereocenters. The highest BCUT2D eigenvalue weighted by molar-refractivity contribution is 5.61. The molecule has 1 N–H and O–H groups in total. The van der Waals surface area contributed by atoms with Crippen LogP contribution in [-0.4, -0.2) is 30.7 Å². The van der Waals surface area contributed by atoms with Crippen LogP contribution >= 0.6 is 0 Å². The smallest absolute Gasteiger partial charge is 0.384 e. The van der Waals surface area contributed by atoms with E-state index >= 15 is 0 Å². The summed E-state index contributed by atoms with van der Waals surface area (Å²) in [6.07, 6.45) is -2.87. The topological polar surface area (TPSA) is 15.3 Å². The van der Waals surface area contributed by atoms with Crippen LogP contribution in [0.4, 0.5) is 18.9 Å². The molecule has 1 saturated heterocycles. The van der Waals surface area contributed by atoms with Crippen molar-refractivity contribution in [1.82, 2.24) is 4.90 Å². The van der Waals surface area contributed by atoms with E-state index in [4.69, 9.17) is 0 Å². The predicted molar refractivity (Wildman–Crippen MR) is 81.9 cm³/mol. The van der Waals surface area contributed by atoms with Crippen LogP contribution in [0.3, 0.4) is 0 Å². The van der Waals surface area contributed by atoms with Crippen LogP contribution in [0, 0.1) is 11.3 Å². The molecule has 22 heavy (non-hydrogen) atoms. The number of halogens is 3. The quantitative estimate of drug-likeness (QED) is 0.886. The van der Waals surface area contributed by atoms with Crippen molar-refractivity contribution in [3.05, 3.63) is 29.3 Å². The summed E-state index contributed by atoms with van der Waals surface area (Å²) in [5.74, 6) is -1.20. The van der Waals surface area contributed by atoms with Gasteiger partial charge in [0.15, 0.2) is 0 Å². The normalized spacial score (nSPS) is 24.9. The lowest BCUT2D eigenvalue weighted by Crippen LogP contribution is -2.50. The van der Waals surface area contributed by atoms with Crippen molar-refractivity contribution < 1.29 is 13.2 Å². The van der Waals surface area contributed by atoms with Gasteiger partial charge in [-0.05, 0) is 35.9 Å². The van der Waals surface area contributed by atoms with Crippen molar-refractivity contribution in [3.8, 4) is 0 Å². The monoisotopic (exact) mass is 312 g/mol. The molecule has 1 aromatic rings. The number of piperidine rings is 1. The molecule has 5 heteroatoms. The minimum Gasteiger partial charge on any atom is -0.384 e. The first-order chi connectivity index (χ1) is 10.3.